The molecule has 2 aromatic carbocycles. The summed E-state index contributed by atoms with van der Waals surface area (Å²) >= 11 is 0. The molecule has 3 heterocycles. The van der Waals surface area contributed by atoms with Crippen molar-refractivity contribution in [2.75, 3.05) is 6.61 Å². The molecule has 0 saturated carbocycles. The molecule has 0 fully saturated rings. The van der Waals surface area contributed by atoms with Crippen molar-refractivity contribution in [3.63, 3.8) is 0 Å². The number of aromatic nitrogens is 2. The first-order valence-corrected chi connectivity index (χ1v) is 9.69. The van der Waals surface area contributed by atoms with Gasteiger partial charge in [0, 0.05) is 35.3 Å². The van der Waals surface area contributed by atoms with Gasteiger partial charge in [0.15, 0.2) is 0 Å². The van der Waals surface area contributed by atoms with E-state index < -0.39 is 0 Å². The van der Waals surface area contributed by atoms with Crippen molar-refractivity contribution in [2.24, 2.45) is 5.10 Å². The van der Waals surface area contributed by atoms with Crippen LogP contribution >= 0.6 is 0 Å². The molecule has 1 aliphatic rings. The van der Waals surface area contributed by atoms with Gasteiger partial charge in [-0.1, -0.05) is 30.3 Å². The number of nitrogens with one attached hydrogen (secondary N) is 1. The zero-order valence-electron chi connectivity index (χ0n) is 16.1. The minimum atomic E-state index is -0.277. The van der Waals surface area contributed by atoms with Crippen molar-refractivity contribution in [1.29, 1.82) is 0 Å². The minimum absolute atomic E-state index is 0.277. The molecule has 0 aliphatic carbocycles. The number of benzene rings is 2. The largest absolute Gasteiger partial charge is 0.492 e. The summed E-state index contributed by atoms with van der Waals surface area (Å²) in [4.78, 5) is 21.9. The van der Waals surface area contributed by atoms with Crippen LogP contribution in [-0.4, -0.2) is 28.2 Å². The van der Waals surface area contributed by atoms with Gasteiger partial charge in [0.05, 0.1) is 29.1 Å². The van der Waals surface area contributed by atoms with Gasteiger partial charge < -0.3 is 4.74 Å². The Morgan fingerprint density at radius 3 is 2.70 bits per heavy atom. The first-order valence-electron chi connectivity index (χ1n) is 9.69. The quantitative estimate of drug-likeness (QED) is 0.528. The maximum Gasteiger partial charge on any atom is 0.272 e. The van der Waals surface area contributed by atoms with E-state index in [0.717, 1.165) is 33.5 Å². The number of nitrogens with zero attached hydrogens (tertiary/aromatic N) is 3. The highest BCUT2D eigenvalue weighted by Crippen LogP contribution is 2.26. The molecule has 0 bridgehead atoms. The monoisotopic (exact) mass is 394 g/mol. The number of carbonyl (C=O) groups is 1. The molecule has 0 radical (unpaired) electrons. The van der Waals surface area contributed by atoms with Gasteiger partial charge in [-0.2, -0.15) is 5.10 Å². The Balaban J connectivity index is 1.52. The van der Waals surface area contributed by atoms with E-state index in [1.54, 1.807) is 18.5 Å². The number of fused-ring (bicyclic) bond motifs is 2. The van der Waals surface area contributed by atoms with Gasteiger partial charge in [0.25, 0.3) is 5.91 Å². The van der Waals surface area contributed by atoms with Crippen LogP contribution in [-0.2, 0) is 0 Å². The van der Waals surface area contributed by atoms with Crippen molar-refractivity contribution in [3.05, 3.63) is 90.3 Å². The van der Waals surface area contributed by atoms with E-state index in [9.17, 15) is 4.79 Å². The molecule has 0 unspecified atom stereocenters. The summed E-state index contributed by atoms with van der Waals surface area (Å²) in [6.45, 7) is 0.538. The molecule has 0 atom stereocenters. The number of pyridine rings is 2. The van der Waals surface area contributed by atoms with Crippen molar-refractivity contribution >= 4 is 22.5 Å². The molecule has 2 aromatic heterocycles. The Bertz CT molecular complexity index is 1270. The summed E-state index contributed by atoms with van der Waals surface area (Å²) in [6.07, 6.45) is 4.05. The lowest BCUT2D eigenvalue weighted by atomic mass is 10.0. The number of para-hydroxylation sites is 2. The van der Waals surface area contributed by atoms with Crippen LogP contribution in [0.1, 0.15) is 22.3 Å². The van der Waals surface area contributed by atoms with Crippen molar-refractivity contribution in [3.8, 4) is 17.0 Å². The third-order valence-electron chi connectivity index (χ3n) is 5.02. The van der Waals surface area contributed by atoms with Crippen LogP contribution in [0.2, 0.25) is 0 Å². The molecule has 1 aliphatic heterocycles. The number of rotatable bonds is 3. The van der Waals surface area contributed by atoms with Gasteiger partial charge >= 0.3 is 0 Å². The molecule has 4 aromatic rings. The van der Waals surface area contributed by atoms with E-state index in [4.69, 9.17) is 9.72 Å². The van der Waals surface area contributed by atoms with Crippen LogP contribution in [0.15, 0.2) is 84.2 Å². The summed E-state index contributed by atoms with van der Waals surface area (Å²) in [7, 11) is 0. The first kappa shape index (κ1) is 18.0. The molecule has 6 heteroatoms. The molecule has 30 heavy (non-hydrogen) atoms. The smallest absolute Gasteiger partial charge is 0.272 e. The number of hydrogen-bond donors (Lipinski definition) is 1. The molecule has 5 rings (SSSR count). The summed E-state index contributed by atoms with van der Waals surface area (Å²) in [5.41, 5.74) is 7.33. The SMILES string of the molecule is O=C(N/N=C1/CCOc2ccccc21)c1cc(-c2ccncc2)nc2ccccc12. The van der Waals surface area contributed by atoms with E-state index in [1.165, 1.54) is 0 Å². The third-order valence-corrected chi connectivity index (χ3v) is 5.02. The zero-order chi connectivity index (χ0) is 20.3. The van der Waals surface area contributed by atoms with E-state index in [-0.39, 0.29) is 5.91 Å². The van der Waals surface area contributed by atoms with E-state index in [2.05, 4.69) is 15.5 Å². The average Bonchev–Trinajstić information content (AvgIpc) is 2.82. The Labute approximate surface area is 173 Å². The number of hydrazone groups is 1. The third kappa shape index (κ3) is 3.39. The van der Waals surface area contributed by atoms with Gasteiger partial charge in [0.2, 0.25) is 0 Å². The lowest BCUT2D eigenvalue weighted by molar-refractivity contribution is 0.0956. The molecular weight excluding hydrogens is 376 g/mol. The summed E-state index contributed by atoms with van der Waals surface area (Å²) in [6, 6.07) is 20.8. The van der Waals surface area contributed by atoms with Crippen LogP contribution in [0.5, 0.6) is 5.75 Å². The lowest BCUT2D eigenvalue weighted by Crippen LogP contribution is -2.23. The van der Waals surface area contributed by atoms with Gasteiger partial charge in [-0.15, -0.1) is 0 Å². The Hall–Kier alpha value is -4.06. The van der Waals surface area contributed by atoms with E-state index in [0.29, 0.717) is 24.3 Å². The van der Waals surface area contributed by atoms with Gasteiger partial charge in [0.1, 0.15) is 5.75 Å². The second-order valence-corrected chi connectivity index (χ2v) is 6.90. The maximum atomic E-state index is 13.1. The lowest BCUT2D eigenvalue weighted by Gasteiger charge is -2.18. The molecular formula is C24H18N4O2. The number of hydrogen-bond acceptors (Lipinski definition) is 5. The summed E-state index contributed by atoms with van der Waals surface area (Å²) < 4.78 is 5.66. The molecule has 6 nitrogen and oxygen atoms in total. The second kappa shape index (κ2) is 7.75. The fourth-order valence-electron chi connectivity index (χ4n) is 3.55. The first-order chi connectivity index (χ1) is 14.8. The number of ether oxygens (including phenoxy) is 1. The normalized spacial score (nSPS) is 14.2. The molecule has 0 saturated heterocycles. The van der Waals surface area contributed by atoms with Crippen LogP contribution in [0, 0.1) is 0 Å². The minimum Gasteiger partial charge on any atom is -0.492 e. The van der Waals surface area contributed by atoms with Crippen LogP contribution in [0.4, 0.5) is 0 Å². The van der Waals surface area contributed by atoms with Crippen molar-refractivity contribution in [2.45, 2.75) is 6.42 Å². The summed E-state index contributed by atoms with van der Waals surface area (Å²) in [5.74, 6) is 0.506. The molecule has 1 N–H and O–H groups in total. The van der Waals surface area contributed by atoms with E-state index >= 15 is 0 Å². The molecule has 0 spiro atoms. The van der Waals surface area contributed by atoms with Crippen molar-refractivity contribution in [1.82, 2.24) is 15.4 Å². The van der Waals surface area contributed by atoms with Gasteiger partial charge in [-0.05, 0) is 36.4 Å². The standard InChI is InChI=1S/C24H18N4O2/c29-24(28-27-21-11-14-30-23-8-4-2-6-18(21)23)19-15-22(16-9-12-25-13-10-16)26-20-7-3-1-5-17(19)20/h1-10,12-13,15H,11,14H2,(H,28,29)/b27-21-. The Morgan fingerprint density at radius 1 is 1.00 bits per heavy atom. The van der Waals surface area contributed by atoms with Crippen LogP contribution in [0.25, 0.3) is 22.2 Å². The van der Waals surface area contributed by atoms with Gasteiger partial charge in [-0.25, -0.2) is 10.4 Å². The highest BCUT2D eigenvalue weighted by Gasteiger charge is 2.18. The highest BCUT2D eigenvalue weighted by atomic mass is 16.5. The summed E-state index contributed by atoms with van der Waals surface area (Å²) in [5, 5.41) is 5.19. The number of carbonyl (C=O) groups excluding carboxylic acids is 1. The number of amides is 1. The topological polar surface area (TPSA) is 76.5 Å². The average molecular weight is 394 g/mol. The Kier molecular flexibility index (Phi) is 4.65. The maximum absolute atomic E-state index is 13.1. The zero-order valence-corrected chi connectivity index (χ0v) is 16.1. The second-order valence-electron chi connectivity index (χ2n) is 6.90. The fourth-order valence-corrected chi connectivity index (χ4v) is 3.55. The van der Waals surface area contributed by atoms with Crippen molar-refractivity contribution < 1.29 is 9.53 Å². The fraction of sp³-hybridized carbons (Fsp3) is 0.0833. The molecule has 146 valence electrons. The van der Waals surface area contributed by atoms with E-state index in [1.807, 2.05) is 60.7 Å². The predicted molar refractivity (Wildman–Crippen MR) is 116 cm³/mol. The highest BCUT2D eigenvalue weighted by molar-refractivity contribution is 6.09. The molecule has 1 amide bonds. The predicted octanol–water partition coefficient (Wildman–Crippen LogP) is 4.21. The van der Waals surface area contributed by atoms with Crippen LogP contribution < -0.4 is 10.2 Å². The van der Waals surface area contributed by atoms with Gasteiger partial charge in [-0.3, -0.25) is 9.78 Å². The van der Waals surface area contributed by atoms with Crippen LogP contribution in [0.3, 0.4) is 0 Å². The Morgan fingerprint density at radius 2 is 1.80 bits per heavy atom.